The van der Waals surface area contributed by atoms with Crippen LogP contribution in [0.1, 0.15) is 53.6 Å². The molecule has 0 fully saturated rings. The number of rotatable bonds is 5. The molecule has 196 valence electrons. The molecule has 3 heteroatoms. The Bertz CT molecular complexity index is 1480. The predicted molar refractivity (Wildman–Crippen MR) is 155 cm³/mol. The third kappa shape index (κ3) is 5.27. The molecule has 6 rings (SSSR count). The Morgan fingerprint density at radius 1 is 0.641 bits per heavy atom. The Labute approximate surface area is 253 Å². The maximum absolute atomic E-state index is 2.69. The minimum atomic E-state index is -2.69. The molecule has 0 heterocycles. The molecule has 1 unspecified atom stereocenters. The van der Waals surface area contributed by atoms with Crippen molar-refractivity contribution in [2.45, 2.75) is 31.3 Å². The van der Waals surface area contributed by atoms with E-state index < -0.39 is 21.3 Å². The number of hydrogen-bond donors (Lipinski definition) is 0. The first-order valence-electron chi connectivity index (χ1n) is 13.5. The summed E-state index contributed by atoms with van der Waals surface area (Å²) in [6.45, 7) is 9.58. The van der Waals surface area contributed by atoms with Gasteiger partial charge in [0, 0.05) is 0 Å². The van der Waals surface area contributed by atoms with E-state index in [-0.39, 0.29) is 24.8 Å². The molecule has 0 nitrogen and oxygen atoms in total. The van der Waals surface area contributed by atoms with Crippen molar-refractivity contribution in [3.8, 4) is 11.1 Å². The van der Waals surface area contributed by atoms with Crippen molar-refractivity contribution in [3.05, 3.63) is 152 Å². The Morgan fingerprint density at radius 3 is 1.51 bits per heavy atom. The van der Waals surface area contributed by atoms with Crippen molar-refractivity contribution >= 4 is 3.21 Å². The van der Waals surface area contributed by atoms with Gasteiger partial charge in [-0.3, -0.25) is 0 Å². The summed E-state index contributed by atoms with van der Waals surface area (Å²) in [7, 11) is 0. The van der Waals surface area contributed by atoms with E-state index in [4.69, 9.17) is 0 Å². The fraction of sp³-hybridized carbons (Fsp3) is 0.194. The monoisotopic (exact) mass is 626 g/mol. The van der Waals surface area contributed by atoms with Crippen LogP contribution >= 0.6 is 0 Å². The second-order valence-corrected chi connectivity index (χ2v) is 16.7. The molecule has 2 aliphatic rings. The fourth-order valence-corrected chi connectivity index (χ4v) is 16.6. The molecule has 0 amide bonds. The molecule has 0 saturated heterocycles. The first-order valence-corrected chi connectivity index (χ1v) is 17.4. The summed E-state index contributed by atoms with van der Waals surface area (Å²) < 4.78 is 3.85. The van der Waals surface area contributed by atoms with Crippen LogP contribution in [0.4, 0.5) is 0 Å². The summed E-state index contributed by atoms with van der Waals surface area (Å²) in [5, 5.41) is 0. The van der Waals surface area contributed by atoms with Gasteiger partial charge >= 0.3 is 231 Å². The average Bonchev–Trinajstić information content (AvgIpc) is 3.42. The zero-order valence-electron chi connectivity index (χ0n) is 23.0. The fourth-order valence-electron chi connectivity index (χ4n) is 6.64. The Balaban J connectivity index is 0.00000176. The normalized spacial score (nSPS) is 15.5. The first-order chi connectivity index (χ1) is 18.1. The van der Waals surface area contributed by atoms with Crippen LogP contribution in [0.3, 0.4) is 0 Å². The summed E-state index contributed by atoms with van der Waals surface area (Å²) in [6, 6.07) is 41.0. The van der Waals surface area contributed by atoms with Crippen molar-refractivity contribution in [2.24, 2.45) is 11.8 Å². The number of halogens is 2. The predicted octanol–water partition coefficient (Wildman–Crippen LogP) is 3.16. The quantitative estimate of drug-likeness (QED) is 0.319. The second kappa shape index (κ2) is 12.5. The van der Waals surface area contributed by atoms with Crippen molar-refractivity contribution in [1.29, 1.82) is 0 Å². The van der Waals surface area contributed by atoms with Gasteiger partial charge in [-0.25, -0.2) is 0 Å². The molecule has 0 radical (unpaired) electrons. The summed E-state index contributed by atoms with van der Waals surface area (Å²) in [6.07, 6.45) is 2.58. The molecule has 4 aromatic rings. The topological polar surface area (TPSA) is 0 Å². The maximum atomic E-state index is 2.58. The van der Waals surface area contributed by atoms with Crippen molar-refractivity contribution in [1.82, 2.24) is 0 Å². The van der Waals surface area contributed by atoms with Crippen LogP contribution in [-0.4, -0.2) is 3.21 Å². The van der Waals surface area contributed by atoms with Crippen molar-refractivity contribution < 1.29 is 46.1 Å². The van der Waals surface area contributed by atoms with E-state index in [0.29, 0.717) is 15.5 Å². The smallest absolute Gasteiger partial charge is 1.00 e. The molecule has 4 aromatic carbocycles. The minimum Gasteiger partial charge on any atom is -1.00 e. The van der Waals surface area contributed by atoms with E-state index in [1.165, 1.54) is 33.4 Å². The van der Waals surface area contributed by atoms with E-state index in [9.17, 15) is 0 Å². The van der Waals surface area contributed by atoms with E-state index in [1.807, 2.05) is 0 Å². The molecule has 0 spiro atoms. The van der Waals surface area contributed by atoms with Crippen LogP contribution in [0, 0.1) is 11.8 Å². The maximum Gasteiger partial charge on any atom is -1.00 e. The van der Waals surface area contributed by atoms with Crippen molar-refractivity contribution in [2.75, 3.05) is 0 Å². The van der Waals surface area contributed by atoms with E-state index >= 15 is 0 Å². The van der Waals surface area contributed by atoms with E-state index in [0.717, 1.165) is 0 Å². The number of benzene rings is 4. The summed E-state index contributed by atoms with van der Waals surface area (Å²) in [5.41, 5.74) is 11.9. The molecule has 0 bridgehead atoms. The zero-order chi connectivity index (χ0) is 25.5. The Hall–Kier alpha value is -2.31. The third-order valence-electron chi connectivity index (χ3n) is 8.15. The zero-order valence-corrected chi connectivity index (χ0v) is 26.9. The molecular formula is C36H34Cl2Zr. The summed E-state index contributed by atoms with van der Waals surface area (Å²) in [5.74, 6) is 1.03. The molecular weight excluding hydrogens is 595 g/mol. The summed E-state index contributed by atoms with van der Waals surface area (Å²) >= 11 is -2.69. The van der Waals surface area contributed by atoms with Gasteiger partial charge in [0.1, 0.15) is 0 Å². The van der Waals surface area contributed by atoms with Crippen molar-refractivity contribution in [3.63, 3.8) is 0 Å². The van der Waals surface area contributed by atoms with Gasteiger partial charge in [-0.05, 0) is 0 Å². The number of allylic oxidation sites excluding steroid dienone is 4. The molecule has 0 N–H and O–H groups in total. The molecule has 1 atom stereocenters. The number of hydrogen-bond acceptors (Lipinski definition) is 0. The Kier molecular flexibility index (Phi) is 9.49. The van der Waals surface area contributed by atoms with E-state index in [2.05, 4.69) is 143 Å². The molecule has 0 aromatic heterocycles. The van der Waals surface area contributed by atoms with Gasteiger partial charge in [0.15, 0.2) is 0 Å². The van der Waals surface area contributed by atoms with Crippen LogP contribution in [-0.2, 0) is 21.3 Å². The number of fused-ring (bicyclic) bond motifs is 3. The van der Waals surface area contributed by atoms with Crippen LogP contribution in [0.2, 0.25) is 0 Å². The average molecular weight is 629 g/mol. The van der Waals surface area contributed by atoms with Gasteiger partial charge in [-0.2, -0.15) is 0 Å². The van der Waals surface area contributed by atoms with E-state index in [1.54, 1.807) is 17.6 Å². The third-order valence-corrected chi connectivity index (χ3v) is 17.3. The molecule has 2 aliphatic carbocycles. The first kappa shape index (κ1) is 29.7. The van der Waals surface area contributed by atoms with Gasteiger partial charge in [-0.1, -0.05) is 0 Å². The molecule has 0 aliphatic heterocycles. The second-order valence-electron chi connectivity index (χ2n) is 10.7. The Morgan fingerprint density at radius 2 is 1.08 bits per heavy atom. The van der Waals surface area contributed by atoms with Crippen LogP contribution in [0.25, 0.3) is 11.1 Å². The largest absolute Gasteiger partial charge is 1.00 e. The summed E-state index contributed by atoms with van der Waals surface area (Å²) in [4.78, 5) is 0. The van der Waals surface area contributed by atoms with Crippen LogP contribution in [0.15, 0.2) is 130 Å². The van der Waals surface area contributed by atoms with Gasteiger partial charge < -0.3 is 24.8 Å². The molecule has 39 heavy (non-hydrogen) atoms. The minimum absolute atomic E-state index is 0. The van der Waals surface area contributed by atoms with Gasteiger partial charge in [0.25, 0.3) is 0 Å². The van der Waals surface area contributed by atoms with Crippen LogP contribution in [0.5, 0.6) is 0 Å². The standard InChI is InChI=1S/C13H9.C13H10.C10H15.2ClH.Zr/c1-3-7-12-10(5-1)9-11-6-2-4-8-13(11)12;1-3-7-12(8-4-1)11-13-9-5-2-6-10-13;1-7(2)10-6-8(3)5-9(10)4;;;/h1-9H;1-10H;6-8H,1-4H3;2*1H;/q;;;;;+2/p-2. The van der Waals surface area contributed by atoms with Gasteiger partial charge in [0.2, 0.25) is 0 Å². The van der Waals surface area contributed by atoms with Gasteiger partial charge in [-0.15, -0.1) is 0 Å². The SMILES string of the molecule is CC1=[C]([Zr+2](=[C](c2ccccc2)c2ccccc2)[CH]2c3ccccc3-c3ccccc32)C(C)C=C1C(C)C.[Cl-].[Cl-]. The van der Waals surface area contributed by atoms with Gasteiger partial charge in [0.05, 0.1) is 0 Å². The molecule has 0 saturated carbocycles. The van der Waals surface area contributed by atoms with Crippen LogP contribution < -0.4 is 24.8 Å².